The monoisotopic (exact) mass is 381 g/mol. The van der Waals surface area contributed by atoms with Gasteiger partial charge in [0.15, 0.2) is 0 Å². The van der Waals surface area contributed by atoms with Gasteiger partial charge in [0.1, 0.15) is 15.9 Å². The zero-order chi connectivity index (χ0) is 17.7. The second-order valence-corrected chi connectivity index (χ2v) is 8.21. The molecule has 1 atom stereocenters. The van der Waals surface area contributed by atoms with Gasteiger partial charge < -0.3 is 9.88 Å². The van der Waals surface area contributed by atoms with E-state index in [0.717, 1.165) is 38.6 Å². The van der Waals surface area contributed by atoms with Gasteiger partial charge >= 0.3 is 0 Å². The molecule has 0 saturated carbocycles. The van der Waals surface area contributed by atoms with Gasteiger partial charge in [-0.15, -0.1) is 22.7 Å². The average molecular weight is 381 g/mol. The minimum atomic E-state index is -0.267. The Morgan fingerprint density at radius 3 is 3.12 bits per heavy atom. The maximum absolute atomic E-state index is 13.1. The number of carbonyl (C=O) groups is 1. The fourth-order valence-corrected chi connectivity index (χ4v) is 5.17. The molecule has 6 nitrogen and oxygen atoms in total. The van der Waals surface area contributed by atoms with Crippen LogP contribution in [0.1, 0.15) is 37.7 Å². The summed E-state index contributed by atoms with van der Waals surface area (Å²) in [5, 5.41) is 0.903. The van der Waals surface area contributed by atoms with Crippen LogP contribution in [0.4, 0.5) is 0 Å². The third-order valence-electron chi connectivity index (χ3n) is 4.70. The van der Waals surface area contributed by atoms with Gasteiger partial charge in [0.05, 0.1) is 33.9 Å². The quantitative estimate of drug-likeness (QED) is 0.576. The normalized spacial score (nSPS) is 16.8. The Morgan fingerprint density at radius 1 is 1.38 bits per heavy atom. The number of para-hydroxylation sites is 1. The van der Waals surface area contributed by atoms with E-state index in [4.69, 9.17) is 4.98 Å². The van der Waals surface area contributed by atoms with Gasteiger partial charge in [0, 0.05) is 18.7 Å². The number of aryl methyl sites for hydroxylation is 1. The number of aromatic nitrogens is 4. The number of fused-ring (bicyclic) bond motifs is 2. The van der Waals surface area contributed by atoms with Crippen LogP contribution in [0.2, 0.25) is 0 Å². The van der Waals surface area contributed by atoms with Gasteiger partial charge in [-0.3, -0.25) is 9.78 Å². The molecule has 130 valence electrons. The van der Waals surface area contributed by atoms with Crippen molar-refractivity contribution in [3.05, 3.63) is 63.1 Å². The van der Waals surface area contributed by atoms with E-state index >= 15 is 0 Å². The summed E-state index contributed by atoms with van der Waals surface area (Å²) in [6, 6.07) is 5.91. The van der Waals surface area contributed by atoms with Crippen molar-refractivity contribution in [2.24, 2.45) is 0 Å². The largest absolute Gasteiger partial charge is 0.348 e. The molecular formula is C18H15N5OS2. The highest BCUT2D eigenvalue weighted by atomic mass is 32.1. The van der Waals surface area contributed by atoms with Crippen molar-refractivity contribution in [3.63, 3.8) is 0 Å². The van der Waals surface area contributed by atoms with Crippen molar-refractivity contribution in [2.75, 3.05) is 6.54 Å². The lowest BCUT2D eigenvalue weighted by molar-refractivity contribution is 0.0695. The average Bonchev–Trinajstić information content (AvgIpc) is 3.39. The van der Waals surface area contributed by atoms with Crippen molar-refractivity contribution in [3.8, 4) is 0 Å². The maximum Gasteiger partial charge on any atom is 0.266 e. The van der Waals surface area contributed by atoms with E-state index in [1.165, 1.54) is 11.3 Å². The number of hydrogen-bond donors (Lipinski definition) is 1. The van der Waals surface area contributed by atoms with Gasteiger partial charge in [-0.1, -0.05) is 12.1 Å². The summed E-state index contributed by atoms with van der Waals surface area (Å²) < 4.78 is 1.13. The van der Waals surface area contributed by atoms with Crippen molar-refractivity contribution in [1.82, 2.24) is 24.8 Å². The molecule has 8 heteroatoms. The van der Waals surface area contributed by atoms with E-state index in [0.29, 0.717) is 11.4 Å². The third-order valence-corrected chi connectivity index (χ3v) is 6.53. The zero-order valence-corrected chi connectivity index (χ0v) is 15.6. The van der Waals surface area contributed by atoms with Crippen LogP contribution in [0.5, 0.6) is 0 Å². The molecule has 4 heterocycles. The summed E-state index contributed by atoms with van der Waals surface area (Å²) in [5.74, 6) is -0.0119. The number of thiazole rings is 2. The number of amides is 1. The Kier molecular flexibility index (Phi) is 3.61. The number of hydrogen-bond acceptors (Lipinski definition) is 6. The summed E-state index contributed by atoms with van der Waals surface area (Å²) in [6.07, 6.45) is 4.10. The van der Waals surface area contributed by atoms with Crippen LogP contribution in [-0.2, 0) is 6.42 Å². The number of benzene rings is 1. The van der Waals surface area contributed by atoms with Crippen LogP contribution >= 0.6 is 22.7 Å². The molecule has 0 unspecified atom stereocenters. The molecule has 4 aromatic rings. The number of rotatable bonds is 2. The highest BCUT2D eigenvalue weighted by Crippen LogP contribution is 2.38. The fraction of sp³-hybridized carbons (Fsp3) is 0.222. The summed E-state index contributed by atoms with van der Waals surface area (Å²) in [6.45, 7) is 2.69. The number of H-pyrrole nitrogens is 1. The minimum absolute atomic E-state index is 0.0119. The van der Waals surface area contributed by atoms with Gasteiger partial charge in [-0.25, -0.2) is 9.97 Å². The molecule has 1 aliphatic heterocycles. The van der Waals surface area contributed by atoms with Crippen molar-refractivity contribution in [1.29, 1.82) is 0 Å². The zero-order valence-electron chi connectivity index (χ0n) is 14.0. The SMILES string of the molecule is Cc1cccc2sc([C@@H]3c4nc[nH]c4CCN3C(=O)c3cncs3)nc12. The molecule has 1 amide bonds. The molecule has 0 saturated heterocycles. The van der Waals surface area contributed by atoms with E-state index in [1.54, 1.807) is 29.4 Å². The third kappa shape index (κ3) is 2.37. The molecule has 1 N–H and O–H groups in total. The first-order valence-electron chi connectivity index (χ1n) is 8.30. The summed E-state index contributed by atoms with van der Waals surface area (Å²) in [5.41, 5.74) is 5.81. The number of nitrogens with one attached hydrogen (secondary N) is 1. The smallest absolute Gasteiger partial charge is 0.266 e. The molecule has 5 rings (SSSR count). The highest BCUT2D eigenvalue weighted by molar-refractivity contribution is 7.18. The molecule has 0 aliphatic carbocycles. The lowest BCUT2D eigenvalue weighted by Crippen LogP contribution is -2.40. The van der Waals surface area contributed by atoms with Crippen LogP contribution in [-0.4, -0.2) is 37.3 Å². The Hall–Kier alpha value is -2.58. The standard InChI is InChI=1S/C18H15N5OS2/c1-10-3-2-4-12-14(10)22-17(26-12)16-15-11(20-8-21-15)5-6-23(16)18(24)13-7-19-9-25-13/h2-4,7-9,16H,5-6H2,1H3,(H,20,21)/t16-/m0/s1. The fourth-order valence-electron chi connectivity index (χ4n) is 3.43. The summed E-state index contributed by atoms with van der Waals surface area (Å²) >= 11 is 3.00. The second-order valence-electron chi connectivity index (χ2n) is 6.26. The van der Waals surface area contributed by atoms with Crippen molar-refractivity contribution in [2.45, 2.75) is 19.4 Å². The Morgan fingerprint density at radius 2 is 2.31 bits per heavy atom. The highest BCUT2D eigenvalue weighted by Gasteiger charge is 2.37. The first kappa shape index (κ1) is 15.7. The number of carbonyl (C=O) groups excluding carboxylic acids is 1. The van der Waals surface area contributed by atoms with Crippen LogP contribution in [0, 0.1) is 6.92 Å². The molecule has 0 bridgehead atoms. The number of nitrogens with zero attached hydrogens (tertiary/aromatic N) is 4. The maximum atomic E-state index is 13.1. The van der Waals surface area contributed by atoms with Gasteiger partial charge in [-0.05, 0) is 18.6 Å². The minimum Gasteiger partial charge on any atom is -0.348 e. The van der Waals surface area contributed by atoms with E-state index < -0.39 is 0 Å². The Labute approximate surface area is 157 Å². The van der Waals surface area contributed by atoms with E-state index in [9.17, 15) is 4.79 Å². The molecule has 0 radical (unpaired) electrons. The first-order valence-corrected chi connectivity index (χ1v) is 9.99. The topological polar surface area (TPSA) is 74.8 Å². The molecule has 1 aromatic carbocycles. The van der Waals surface area contributed by atoms with E-state index in [1.807, 2.05) is 11.0 Å². The second kappa shape index (κ2) is 6.00. The van der Waals surface area contributed by atoms with E-state index in [2.05, 4.69) is 34.0 Å². The Bertz CT molecular complexity index is 1100. The van der Waals surface area contributed by atoms with Crippen molar-refractivity contribution < 1.29 is 4.79 Å². The molecular weight excluding hydrogens is 366 g/mol. The molecule has 0 spiro atoms. The molecule has 0 fully saturated rings. The number of aromatic amines is 1. The van der Waals surface area contributed by atoms with E-state index in [-0.39, 0.29) is 11.9 Å². The summed E-state index contributed by atoms with van der Waals surface area (Å²) in [4.78, 5) is 32.3. The molecule has 3 aromatic heterocycles. The molecule has 26 heavy (non-hydrogen) atoms. The van der Waals surface area contributed by atoms with Crippen molar-refractivity contribution >= 4 is 38.8 Å². The van der Waals surface area contributed by atoms with Gasteiger partial charge in [0.25, 0.3) is 5.91 Å². The first-order chi connectivity index (χ1) is 12.7. The lowest BCUT2D eigenvalue weighted by atomic mass is 10.0. The predicted molar refractivity (Wildman–Crippen MR) is 102 cm³/mol. The summed E-state index contributed by atoms with van der Waals surface area (Å²) in [7, 11) is 0. The van der Waals surface area contributed by atoms with Crippen LogP contribution < -0.4 is 0 Å². The number of imidazole rings is 1. The van der Waals surface area contributed by atoms with Crippen LogP contribution in [0.15, 0.2) is 36.2 Å². The predicted octanol–water partition coefficient (Wildman–Crippen LogP) is 3.57. The van der Waals surface area contributed by atoms with Crippen LogP contribution in [0.25, 0.3) is 10.2 Å². The molecule has 1 aliphatic rings. The Balaban J connectivity index is 1.66. The van der Waals surface area contributed by atoms with Gasteiger partial charge in [-0.2, -0.15) is 0 Å². The van der Waals surface area contributed by atoms with Crippen LogP contribution in [0.3, 0.4) is 0 Å². The lowest BCUT2D eigenvalue weighted by Gasteiger charge is -2.33. The van der Waals surface area contributed by atoms with Gasteiger partial charge in [0.2, 0.25) is 0 Å².